The fourth-order valence-electron chi connectivity index (χ4n) is 2.46. The lowest BCUT2D eigenvalue weighted by molar-refractivity contribution is -0.0499. The van der Waals surface area contributed by atoms with Crippen LogP contribution < -0.4 is 10.1 Å². The molecule has 1 aliphatic rings. The molecule has 1 aromatic rings. The third-order valence-corrected chi connectivity index (χ3v) is 3.37. The van der Waals surface area contributed by atoms with Crippen molar-refractivity contribution in [2.75, 3.05) is 26.7 Å². The Morgan fingerprint density at radius 1 is 1.55 bits per heavy atom. The molecule has 0 aromatic heterocycles. The van der Waals surface area contributed by atoms with E-state index in [4.69, 9.17) is 0 Å². The van der Waals surface area contributed by atoms with E-state index >= 15 is 0 Å². The van der Waals surface area contributed by atoms with Crippen molar-refractivity contribution in [2.45, 2.75) is 13.0 Å². The van der Waals surface area contributed by atoms with E-state index < -0.39 is 6.61 Å². The maximum absolute atomic E-state index is 12.3. The Hall–Kier alpha value is -1.69. The number of nitrogens with one attached hydrogen (secondary N) is 1. The molecule has 1 saturated heterocycles. The van der Waals surface area contributed by atoms with Gasteiger partial charge in [-0.3, -0.25) is 4.79 Å². The van der Waals surface area contributed by atoms with E-state index in [2.05, 4.69) is 10.1 Å². The summed E-state index contributed by atoms with van der Waals surface area (Å²) in [4.78, 5) is 14.1. The predicted molar refractivity (Wildman–Crippen MR) is 71.0 cm³/mol. The van der Waals surface area contributed by atoms with Gasteiger partial charge in [0.1, 0.15) is 5.75 Å². The minimum Gasteiger partial charge on any atom is -0.435 e. The average Bonchev–Trinajstić information content (AvgIpc) is 2.86. The molecule has 1 aliphatic heterocycles. The molecule has 1 fully saturated rings. The normalized spacial score (nSPS) is 18.6. The zero-order chi connectivity index (χ0) is 14.5. The molecule has 0 radical (unpaired) electrons. The molecule has 1 unspecified atom stereocenters. The van der Waals surface area contributed by atoms with Gasteiger partial charge in [0.25, 0.3) is 5.91 Å². The number of carbonyl (C=O) groups excluding carboxylic acids is 1. The molecular formula is C14H18F2N2O2. The van der Waals surface area contributed by atoms with Crippen molar-refractivity contribution in [3.63, 3.8) is 0 Å². The summed E-state index contributed by atoms with van der Waals surface area (Å²) < 4.78 is 28.6. The molecule has 1 atom stereocenters. The smallest absolute Gasteiger partial charge is 0.387 e. The van der Waals surface area contributed by atoms with Gasteiger partial charge in [0.15, 0.2) is 0 Å². The van der Waals surface area contributed by atoms with Gasteiger partial charge in [0.2, 0.25) is 0 Å². The molecule has 4 nitrogen and oxygen atoms in total. The van der Waals surface area contributed by atoms with Crippen LogP contribution in [0.5, 0.6) is 5.75 Å². The fourth-order valence-corrected chi connectivity index (χ4v) is 2.46. The lowest BCUT2D eigenvalue weighted by atomic mass is 10.1. The number of amides is 1. The Labute approximate surface area is 116 Å². The zero-order valence-corrected chi connectivity index (χ0v) is 11.3. The van der Waals surface area contributed by atoms with Crippen LogP contribution >= 0.6 is 0 Å². The summed E-state index contributed by atoms with van der Waals surface area (Å²) in [6, 6.07) is 5.94. The van der Waals surface area contributed by atoms with Gasteiger partial charge >= 0.3 is 6.61 Å². The molecule has 0 saturated carbocycles. The van der Waals surface area contributed by atoms with E-state index in [-0.39, 0.29) is 11.7 Å². The Balaban J connectivity index is 2.02. The van der Waals surface area contributed by atoms with Crippen LogP contribution in [0.1, 0.15) is 16.8 Å². The first-order valence-electron chi connectivity index (χ1n) is 6.59. The zero-order valence-electron chi connectivity index (χ0n) is 11.3. The number of ether oxygens (including phenoxy) is 1. The van der Waals surface area contributed by atoms with E-state index in [9.17, 15) is 13.6 Å². The summed E-state index contributed by atoms with van der Waals surface area (Å²) in [6.07, 6.45) is 0.958. The highest BCUT2D eigenvalue weighted by atomic mass is 19.3. The second kappa shape index (κ2) is 6.65. The Morgan fingerprint density at radius 3 is 3.05 bits per heavy atom. The van der Waals surface area contributed by atoms with Crippen LogP contribution in [0.4, 0.5) is 8.78 Å². The Morgan fingerprint density at radius 2 is 2.35 bits per heavy atom. The molecule has 1 heterocycles. The number of nitrogens with zero attached hydrogens (tertiary/aromatic N) is 1. The predicted octanol–water partition coefficient (Wildman–Crippen LogP) is 1.97. The standard InChI is InChI=1S/C14H18F2N2O2/c1-17-8-10-5-6-18(9-10)13(19)11-3-2-4-12(7-11)20-14(15)16/h2-4,7,10,14,17H,5-6,8-9H2,1H3. The summed E-state index contributed by atoms with van der Waals surface area (Å²) >= 11 is 0. The third kappa shape index (κ3) is 3.66. The monoisotopic (exact) mass is 284 g/mol. The van der Waals surface area contributed by atoms with Crippen molar-refractivity contribution < 1.29 is 18.3 Å². The number of alkyl halides is 2. The van der Waals surface area contributed by atoms with E-state index in [1.807, 2.05) is 7.05 Å². The van der Waals surface area contributed by atoms with Gasteiger partial charge in [-0.2, -0.15) is 8.78 Å². The number of hydrogen-bond acceptors (Lipinski definition) is 3. The molecule has 110 valence electrons. The second-order valence-corrected chi connectivity index (χ2v) is 4.87. The highest BCUT2D eigenvalue weighted by Crippen LogP contribution is 2.21. The van der Waals surface area contributed by atoms with Crippen molar-refractivity contribution in [3.8, 4) is 5.75 Å². The van der Waals surface area contributed by atoms with Crippen LogP contribution in [-0.2, 0) is 0 Å². The van der Waals surface area contributed by atoms with Gasteiger partial charge in [0, 0.05) is 18.7 Å². The third-order valence-electron chi connectivity index (χ3n) is 3.37. The van der Waals surface area contributed by atoms with Crippen LogP contribution in [0.15, 0.2) is 24.3 Å². The van der Waals surface area contributed by atoms with Crippen LogP contribution in [0.2, 0.25) is 0 Å². The van der Waals surface area contributed by atoms with Gasteiger partial charge in [0.05, 0.1) is 0 Å². The van der Waals surface area contributed by atoms with Crippen LogP contribution in [0.25, 0.3) is 0 Å². The maximum atomic E-state index is 12.3. The van der Waals surface area contributed by atoms with Crippen molar-refractivity contribution >= 4 is 5.91 Å². The number of carbonyl (C=O) groups is 1. The molecule has 1 N–H and O–H groups in total. The van der Waals surface area contributed by atoms with Gasteiger partial charge in [-0.1, -0.05) is 6.07 Å². The van der Waals surface area contributed by atoms with E-state index in [0.29, 0.717) is 24.6 Å². The molecule has 0 spiro atoms. The minimum atomic E-state index is -2.88. The largest absolute Gasteiger partial charge is 0.435 e. The second-order valence-electron chi connectivity index (χ2n) is 4.87. The molecule has 20 heavy (non-hydrogen) atoms. The van der Waals surface area contributed by atoms with Crippen molar-refractivity contribution in [2.24, 2.45) is 5.92 Å². The van der Waals surface area contributed by atoms with Crippen molar-refractivity contribution in [3.05, 3.63) is 29.8 Å². The van der Waals surface area contributed by atoms with Gasteiger partial charge in [-0.15, -0.1) is 0 Å². The van der Waals surface area contributed by atoms with Crippen molar-refractivity contribution in [1.29, 1.82) is 0 Å². The van der Waals surface area contributed by atoms with Crippen molar-refractivity contribution in [1.82, 2.24) is 10.2 Å². The lowest BCUT2D eigenvalue weighted by Crippen LogP contribution is -2.30. The highest BCUT2D eigenvalue weighted by Gasteiger charge is 2.26. The van der Waals surface area contributed by atoms with Crippen LogP contribution in [-0.4, -0.2) is 44.1 Å². The molecular weight excluding hydrogens is 266 g/mol. The maximum Gasteiger partial charge on any atom is 0.387 e. The Bertz CT molecular complexity index is 468. The number of benzene rings is 1. The van der Waals surface area contributed by atoms with E-state index in [1.54, 1.807) is 17.0 Å². The first-order chi connectivity index (χ1) is 9.60. The summed E-state index contributed by atoms with van der Waals surface area (Å²) in [6.45, 7) is -0.615. The molecule has 1 aromatic carbocycles. The average molecular weight is 284 g/mol. The summed E-state index contributed by atoms with van der Waals surface area (Å²) in [5.41, 5.74) is 0.383. The molecule has 2 rings (SSSR count). The Kier molecular flexibility index (Phi) is 4.89. The van der Waals surface area contributed by atoms with Crippen LogP contribution in [0.3, 0.4) is 0 Å². The number of likely N-dealkylation sites (tertiary alicyclic amines) is 1. The van der Waals surface area contributed by atoms with Gasteiger partial charge < -0.3 is 15.0 Å². The number of hydrogen-bond donors (Lipinski definition) is 1. The van der Waals surface area contributed by atoms with Crippen LogP contribution in [0, 0.1) is 5.92 Å². The van der Waals surface area contributed by atoms with Gasteiger partial charge in [-0.05, 0) is 44.1 Å². The molecule has 0 bridgehead atoms. The minimum absolute atomic E-state index is 0.0109. The van der Waals surface area contributed by atoms with Gasteiger partial charge in [-0.25, -0.2) is 0 Å². The number of rotatable bonds is 5. The lowest BCUT2D eigenvalue weighted by Gasteiger charge is -2.17. The molecule has 0 aliphatic carbocycles. The van der Waals surface area contributed by atoms with E-state index in [1.165, 1.54) is 12.1 Å². The topological polar surface area (TPSA) is 41.6 Å². The first kappa shape index (κ1) is 14.7. The fraction of sp³-hybridized carbons (Fsp3) is 0.500. The quantitative estimate of drug-likeness (QED) is 0.899. The summed E-state index contributed by atoms with van der Waals surface area (Å²) in [5.74, 6) is 0.324. The summed E-state index contributed by atoms with van der Waals surface area (Å²) in [7, 11) is 1.88. The van der Waals surface area contributed by atoms with E-state index in [0.717, 1.165) is 13.0 Å². The molecule has 6 heteroatoms. The SMILES string of the molecule is CNCC1CCN(C(=O)c2cccc(OC(F)F)c2)C1. The summed E-state index contributed by atoms with van der Waals surface area (Å²) in [5, 5.41) is 3.10. The number of halogens is 2. The molecule has 1 amide bonds. The highest BCUT2D eigenvalue weighted by molar-refractivity contribution is 5.94. The first-order valence-corrected chi connectivity index (χ1v) is 6.59.